The van der Waals surface area contributed by atoms with Crippen LogP contribution in [0.5, 0.6) is 0 Å². The van der Waals surface area contributed by atoms with Gasteiger partial charge in [-0.25, -0.2) is 8.78 Å². The minimum Gasteiger partial charge on any atom is -0.369 e. The molecule has 0 aliphatic carbocycles. The summed E-state index contributed by atoms with van der Waals surface area (Å²) in [5.74, 6) is -0.448. The third kappa shape index (κ3) is 3.89. The Hall–Kier alpha value is -1.71. The van der Waals surface area contributed by atoms with E-state index in [4.69, 9.17) is 5.73 Å². The van der Waals surface area contributed by atoms with Crippen LogP contribution in [0, 0.1) is 0 Å². The van der Waals surface area contributed by atoms with E-state index in [0.717, 1.165) is 0 Å². The zero-order chi connectivity index (χ0) is 11.3. The summed E-state index contributed by atoms with van der Waals surface area (Å²) >= 11 is 0. The molecule has 2 nitrogen and oxygen atoms in total. The molecule has 0 bridgehead atoms. The normalized spacial score (nSPS) is 11.1. The van der Waals surface area contributed by atoms with Crippen molar-refractivity contribution in [2.45, 2.75) is 12.8 Å². The Morgan fingerprint density at radius 3 is 2.80 bits per heavy atom. The summed E-state index contributed by atoms with van der Waals surface area (Å²) in [5, 5.41) is 0. The van der Waals surface area contributed by atoms with E-state index in [1.54, 1.807) is 24.3 Å². The van der Waals surface area contributed by atoms with Gasteiger partial charge in [-0.2, -0.15) is 0 Å². The second-order valence-electron chi connectivity index (χ2n) is 3.04. The first kappa shape index (κ1) is 11.4. The van der Waals surface area contributed by atoms with E-state index < -0.39 is 12.3 Å². The number of benzene rings is 1. The summed E-state index contributed by atoms with van der Waals surface area (Å²) in [6, 6.07) is 5.97. The van der Waals surface area contributed by atoms with Crippen molar-refractivity contribution >= 4 is 12.0 Å². The first-order valence-electron chi connectivity index (χ1n) is 4.42. The van der Waals surface area contributed by atoms with Gasteiger partial charge in [-0.3, -0.25) is 4.79 Å². The van der Waals surface area contributed by atoms with E-state index in [0.29, 0.717) is 5.56 Å². The maximum atomic E-state index is 12.3. The molecular weight excluding hydrogens is 200 g/mol. The summed E-state index contributed by atoms with van der Waals surface area (Å²) in [7, 11) is 0. The van der Waals surface area contributed by atoms with Crippen molar-refractivity contribution in [3.05, 3.63) is 41.5 Å². The smallest absolute Gasteiger partial charge is 0.263 e. The molecule has 0 heterocycles. The van der Waals surface area contributed by atoms with Crippen molar-refractivity contribution in [1.29, 1.82) is 0 Å². The number of carbonyl (C=O) groups excluding carboxylic acids is 1. The molecule has 1 amide bonds. The third-order valence-electron chi connectivity index (χ3n) is 1.79. The molecule has 1 aromatic carbocycles. The lowest BCUT2D eigenvalue weighted by atomic mass is 10.1. The topological polar surface area (TPSA) is 43.1 Å². The van der Waals surface area contributed by atoms with Gasteiger partial charge >= 0.3 is 0 Å². The quantitative estimate of drug-likeness (QED) is 0.816. The number of amides is 1. The number of halogens is 2. The minimum absolute atomic E-state index is 0.0313. The van der Waals surface area contributed by atoms with Crippen molar-refractivity contribution in [1.82, 2.24) is 0 Å². The molecule has 0 saturated heterocycles. The van der Waals surface area contributed by atoms with Gasteiger partial charge in [0.15, 0.2) is 0 Å². The Bertz CT molecular complexity index is 375. The molecule has 0 aromatic heterocycles. The zero-order valence-corrected chi connectivity index (χ0v) is 7.99. The van der Waals surface area contributed by atoms with E-state index in [1.165, 1.54) is 12.1 Å². The summed E-state index contributed by atoms with van der Waals surface area (Å²) in [6.07, 6.45) is 0.775. The summed E-state index contributed by atoms with van der Waals surface area (Å²) in [4.78, 5) is 10.4. The SMILES string of the molecule is NC(=O)CC=Cc1cccc(C(F)F)c1. The van der Waals surface area contributed by atoms with Crippen LogP contribution in [0.4, 0.5) is 8.78 Å². The molecule has 0 saturated carbocycles. The lowest BCUT2D eigenvalue weighted by Crippen LogP contribution is -2.07. The van der Waals surface area contributed by atoms with Gasteiger partial charge in [-0.05, 0) is 11.6 Å². The number of hydrogen-bond donors (Lipinski definition) is 1. The van der Waals surface area contributed by atoms with Gasteiger partial charge in [0.25, 0.3) is 6.43 Å². The predicted octanol–water partition coefficient (Wildman–Crippen LogP) is 2.51. The first-order valence-corrected chi connectivity index (χ1v) is 4.42. The van der Waals surface area contributed by atoms with E-state index in [1.807, 2.05) is 0 Å². The molecule has 0 aliphatic heterocycles. The molecule has 0 fully saturated rings. The average Bonchev–Trinajstić information content (AvgIpc) is 2.17. The summed E-state index contributed by atoms with van der Waals surface area (Å²) in [5.41, 5.74) is 5.53. The van der Waals surface area contributed by atoms with Crippen molar-refractivity contribution in [3.63, 3.8) is 0 Å². The zero-order valence-electron chi connectivity index (χ0n) is 7.99. The highest BCUT2D eigenvalue weighted by Gasteiger charge is 2.05. The number of nitrogens with two attached hydrogens (primary N) is 1. The molecule has 4 heteroatoms. The molecule has 0 radical (unpaired) electrons. The molecule has 0 spiro atoms. The van der Waals surface area contributed by atoms with E-state index >= 15 is 0 Å². The van der Waals surface area contributed by atoms with Crippen molar-refractivity contribution in [2.75, 3.05) is 0 Å². The second-order valence-corrected chi connectivity index (χ2v) is 3.04. The maximum Gasteiger partial charge on any atom is 0.263 e. The number of hydrogen-bond acceptors (Lipinski definition) is 1. The van der Waals surface area contributed by atoms with Gasteiger partial charge in [-0.15, -0.1) is 0 Å². The fourth-order valence-corrected chi connectivity index (χ4v) is 1.11. The average molecular weight is 211 g/mol. The molecule has 15 heavy (non-hydrogen) atoms. The Labute approximate surface area is 86.4 Å². The first-order chi connectivity index (χ1) is 7.09. The van der Waals surface area contributed by atoms with Crippen molar-refractivity contribution in [2.24, 2.45) is 5.73 Å². The van der Waals surface area contributed by atoms with Crippen LogP contribution in [0.25, 0.3) is 6.08 Å². The number of primary amides is 1. The molecule has 1 aromatic rings. The molecular formula is C11H11F2NO. The lowest BCUT2D eigenvalue weighted by Gasteiger charge is -2.00. The van der Waals surface area contributed by atoms with E-state index in [9.17, 15) is 13.6 Å². The lowest BCUT2D eigenvalue weighted by molar-refractivity contribution is -0.117. The second kappa shape index (κ2) is 5.24. The van der Waals surface area contributed by atoms with E-state index in [-0.39, 0.29) is 12.0 Å². The summed E-state index contributed by atoms with van der Waals surface area (Å²) < 4.78 is 24.6. The molecule has 2 N–H and O–H groups in total. The van der Waals surface area contributed by atoms with Crippen molar-refractivity contribution < 1.29 is 13.6 Å². The highest BCUT2D eigenvalue weighted by molar-refractivity contribution is 5.76. The standard InChI is InChI=1S/C11H11F2NO/c12-11(13)9-5-1-3-8(7-9)4-2-6-10(14)15/h1-5,7,11H,6H2,(H2,14,15). The van der Waals surface area contributed by atoms with Gasteiger partial charge in [0, 0.05) is 12.0 Å². The highest BCUT2D eigenvalue weighted by atomic mass is 19.3. The highest BCUT2D eigenvalue weighted by Crippen LogP contribution is 2.19. The largest absolute Gasteiger partial charge is 0.369 e. The Morgan fingerprint density at radius 2 is 2.20 bits per heavy atom. The maximum absolute atomic E-state index is 12.3. The molecule has 1 rings (SSSR count). The van der Waals surface area contributed by atoms with Gasteiger partial charge in [0.2, 0.25) is 5.91 Å². The molecule has 80 valence electrons. The van der Waals surface area contributed by atoms with Crippen LogP contribution in [-0.2, 0) is 4.79 Å². The molecule has 0 aliphatic rings. The predicted molar refractivity (Wildman–Crippen MR) is 54.2 cm³/mol. The van der Waals surface area contributed by atoms with Gasteiger partial charge in [-0.1, -0.05) is 30.4 Å². The fraction of sp³-hybridized carbons (Fsp3) is 0.182. The Balaban J connectivity index is 2.73. The van der Waals surface area contributed by atoms with Crippen LogP contribution in [0.15, 0.2) is 30.3 Å². The van der Waals surface area contributed by atoms with Crippen LogP contribution in [0.1, 0.15) is 24.0 Å². The van der Waals surface area contributed by atoms with Crippen LogP contribution >= 0.6 is 0 Å². The Kier molecular flexibility index (Phi) is 3.97. The number of rotatable bonds is 4. The van der Waals surface area contributed by atoms with Gasteiger partial charge in [0.1, 0.15) is 0 Å². The van der Waals surface area contributed by atoms with Gasteiger partial charge < -0.3 is 5.73 Å². The Morgan fingerprint density at radius 1 is 1.47 bits per heavy atom. The van der Waals surface area contributed by atoms with Crippen LogP contribution in [-0.4, -0.2) is 5.91 Å². The van der Waals surface area contributed by atoms with Gasteiger partial charge in [0.05, 0.1) is 0 Å². The molecule has 0 atom stereocenters. The minimum atomic E-state index is -2.48. The van der Waals surface area contributed by atoms with Crippen LogP contribution < -0.4 is 5.73 Å². The monoisotopic (exact) mass is 211 g/mol. The van der Waals surface area contributed by atoms with Crippen molar-refractivity contribution in [3.8, 4) is 0 Å². The summed E-state index contributed by atoms with van der Waals surface area (Å²) in [6.45, 7) is 0. The number of carbonyl (C=O) groups is 1. The number of alkyl halides is 2. The van der Waals surface area contributed by atoms with Crippen LogP contribution in [0.2, 0.25) is 0 Å². The van der Waals surface area contributed by atoms with E-state index in [2.05, 4.69) is 0 Å². The molecule has 0 unspecified atom stereocenters. The van der Waals surface area contributed by atoms with Crippen LogP contribution in [0.3, 0.4) is 0 Å². The third-order valence-corrected chi connectivity index (χ3v) is 1.79. The fourth-order valence-electron chi connectivity index (χ4n) is 1.11.